The fourth-order valence-electron chi connectivity index (χ4n) is 2.23. The van der Waals surface area contributed by atoms with Gasteiger partial charge in [0, 0.05) is 25.7 Å². The lowest BCUT2D eigenvalue weighted by atomic mass is 10.1. The van der Waals surface area contributed by atoms with Gasteiger partial charge in [-0.3, -0.25) is 9.59 Å². The van der Waals surface area contributed by atoms with Crippen LogP contribution in [0.4, 0.5) is 0 Å². The molecule has 0 aromatic carbocycles. The van der Waals surface area contributed by atoms with Gasteiger partial charge in [-0.1, -0.05) is 0 Å². The maximum Gasteiger partial charge on any atom is 0.308 e. The van der Waals surface area contributed by atoms with Crippen LogP contribution in [-0.4, -0.2) is 37.0 Å². The Kier molecular flexibility index (Phi) is 4.47. The van der Waals surface area contributed by atoms with Crippen molar-refractivity contribution in [3.8, 4) is 0 Å². The number of hydrogen-bond acceptors (Lipinski definition) is 7. The molecule has 0 spiro atoms. The summed E-state index contributed by atoms with van der Waals surface area (Å²) < 4.78 is 15.3. The first kappa shape index (κ1) is 13.9. The van der Waals surface area contributed by atoms with Crippen LogP contribution < -0.4 is 0 Å². The van der Waals surface area contributed by atoms with E-state index in [0.717, 1.165) is 0 Å². The van der Waals surface area contributed by atoms with Crippen molar-refractivity contribution in [3.63, 3.8) is 0 Å². The number of hydrogen-bond donors (Lipinski definition) is 0. The molecule has 1 atom stereocenters. The standard InChI is InChI=1S/C12H17NO6/c14-10-3-1-9(18-10)2-4-11(15)19-12(13-16)5-7-17-8-6-12/h9H,1-8H2. The number of nitroso groups, excluding NO2 is 1. The van der Waals surface area contributed by atoms with Gasteiger partial charge in [0.1, 0.15) is 6.10 Å². The highest BCUT2D eigenvalue weighted by atomic mass is 16.6. The van der Waals surface area contributed by atoms with Crippen LogP contribution in [0, 0.1) is 4.91 Å². The van der Waals surface area contributed by atoms with Gasteiger partial charge in [-0.25, -0.2) is 0 Å². The first-order chi connectivity index (χ1) is 9.13. The molecule has 106 valence electrons. The molecular weight excluding hydrogens is 254 g/mol. The topological polar surface area (TPSA) is 91.3 Å². The Morgan fingerprint density at radius 1 is 1.42 bits per heavy atom. The van der Waals surface area contributed by atoms with Crippen molar-refractivity contribution < 1.29 is 23.8 Å². The Morgan fingerprint density at radius 3 is 2.74 bits per heavy atom. The van der Waals surface area contributed by atoms with Crippen LogP contribution in [0.5, 0.6) is 0 Å². The molecule has 2 fully saturated rings. The molecule has 0 aliphatic carbocycles. The summed E-state index contributed by atoms with van der Waals surface area (Å²) in [5.74, 6) is -0.710. The zero-order chi connectivity index (χ0) is 13.7. The Hall–Kier alpha value is -1.50. The third kappa shape index (κ3) is 3.73. The van der Waals surface area contributed by atoms with Crippen molar-refractivity contribution in [2.75, 3.05) is 13.2 Å². The number of carbonyl (C=O) groups is 2. The number of cyclic esters (lactones) is 1. The summed E-state index contributed by atoms with van der Waals surface area (Å²) in [6, 6.07) is 0. The summed E-state index contributed by atoms with van der Waals surface area (Å²) in [7, 11) is 0. The molecule has 2 heterocycles. The number of nitrogens with zero attached hydrogens (tertiary/aromatic N) is 1. The zero-order valence-corrected chi connectivity index (χ0v) is 10.6. The fraction of sp³-hybridized carbons (Fsp3) is 0.833. The van der Waals surface area contributed by atoms with Crippen molar-refractivity contribution in [3.05, 3.63) is 4.91 Å². The van der Waals surface area contributed by atoms with Crippen LogP contribution in [0.25, 0.3) is 0 Å². The van der Waals surface area contributed by atoms with Gasteiger partial charge in [-0.2, -0.15) is 0 Å². The van der Waals surface area contributed by atoms with Crippen LogP contribution in [0.3, 0.4) is 0 Å². The lowest BCUT2D eigenvalue weighted by Gasteiger charge is -2.29. The van der Waals surface area contributed by atoms with Gasteiger partial charge >= 0.3 is 11.9 Å². The van der Waals surface area contributed by atoms with Crippen LogP contribution in [0.15, 0.2) is 5.18 Å². The third-order valence-electron chi connectivity index (χ3n) is 3.38. The largest absolute Gasteiger partial charge is 0.462 e. The number of carbonyl (C=O) groups excluding carboxylic acids is 2. The summed E-state index contributed by atoms with van der Waals surface area (Å²) in [6.45, 7) is 0.721. The number of rotatable bonds is 5. The van der Waals surface area contributed by atoms with E-state index in [0.29, 0.717) is 45.3 Å². The molecule has 0 aromatic heterocycles. The number of esters is 2. The molecule has 19 heavy (non-hydrogen) atoms. The molecule has 7 heteroatoms. The molecule has 2 rings (SSSR count). The molecule has 2 saturated heterocycles. The van der Waals surface area contributed by atoms with Crippen molar-refractivity contribution >= 4 is 11.9 Å². The molecule has 0 bridgehead atoms. The number of ether oxygens (including phenoxy) is 3. The van der Waals surface area contributed by atoms with Gasteiger partial charge in [-0.15, -0.1) is 4.91 Å². The van der Waals surface area contributed by atoms with Gasteiger partial charge in [0.05, 0.1) is 13.2 Å². The maximum atomic E-state index is 11.7. The summed E-state index contributed by atoms with van der Waals surface area (Å²) in [5.41, 5.74) is -1.28. The van der Waals surface area contributed by atoms with Gasteiger partial charge < -0.3 is 14.2 Å². The summed E-state index contributed by atoms with van der Waals surface area (Å²) in [4.78, 5) is 33.5. The Bertz CT molecular complexity index is 363. The minimum atomic E-state index is -1.28. The monoisotopic (exact) mass is 271 g/mol. The van der Waals surface area contributed by atoms with E-state index >= 15 is 0 Å². The Balaban J connectivity index is 1.76. The van der Waals surface area contributed by atoms with E-state index in [1.165, 1.54) is 0 Å². The van der Waals surface area contributed by atoms with Gasteiger partial charge in [0.2, 0.25) is 5.72 Å². The predicted molar refractivity (Wildman–Crippen MR) is 63.0 cm³/mol. The van der Waals surface area contributed by atoms with E-state index in [-0.39, 0.29) is 18.5 Å². The van der Waals surface area contributed by atoms with Gasteiger partial charge in [0.15, 0.2) is 0 Å². The highest BCUT2D eigenvalue weighted by molar-refractivity contribution is 5.72. The molecule has 0 radical (unpaired) electrons. The zero-order valence-electron chi connectivity index (χ0n) is 10.6. The molecule has 0 amide bonds. The predicted octanol–water partition coefficient (Wildman–Crippen LogP) is 1.29. The summed E-state index contributed by atoms with van der Waals surface area (Å²) in [5, 5.41) is 2.95. The molecular formula is C12H17NO6. The first-order valence-electron chi connectivity index (χ1n) is 6.47. The molecule has 2 aliphatic heterocycles. The van der Waals surface area contributed by atoms with E-state index in [1.54, 1.807) is 0 Å². The Morgan fingerprint density at radius 2 is 2.16 bits per heavy atom. The average molecular weight is 271 g/mol. The summed E-state index contributed by atoms with van der Waals surface area (Å²) in [6.07, 6.45) is 1.95. The van der Waals surface area contributed by atoms with Gasteiger partial charge in [-0.05, 0) is 18.0 Å². The second-order valence-electron chi connectivity index (χ2n) is 4.81. The van der Waals surface area contributed by atoms with E-state index in [9.17, 15) is 14.5 Å². The average Bonchev–Trinajstić information content (AvgIpc) is 2.83. The van der Waals surface area contributed by atoms with Crippen molar-refractivity contribution in [2.24, 2.45) is 5.18 Å². The SMILES string of the molecule is O=NC1(OC(=O)CCC2CCC(=O)O2)CCOCC1. The van der Waals surface area contributed by atoms with E-state index in [4.69, 9.17) is 14.2 Å². The maximum absolute atomic E-state index is 11.7. The quantitative estimate of drug-likeness (QED) is 0.552. The molecule has 0 N–H and O–H groups in total. The highest BCUT2D eigenvalue weighted by Crippen LogP contribution is 2.27. The van der Waals surface area contributed by atoms with Crippen LogP contribution >= 0.6 is 0 Å². The normalized spacial score (nSPS) is 25.7. The lowest BCUT2D eigenvalue weighted by molar-refractivity contribution is -0.169. The molecule has 1 unspecified atom stereocenters. The third-order valence-corrected chi connectivity index (χ3v) is 3.38. The minimum absolute atomic E-state index is 0.121. The molecule has 2 aliphatic rings. The lowest BCUT2D eigenvalue weighted by Crippen LogP contribution is -2.38. The van der Waals surface area contributed by atoms with Crippen LogP contribution in [0.2, 0.25) is 0 Å². The van der Waals surface area contributed by atoms with E-state index in [1.807, 2.05) is 0 Å². The molecule has 7 nitrogen and oxygen atoms in total. The van der Waals surface area contributed by atoms with E-state index < -0.39 is 11.7 Å². The second-order valence-corrected chi connectivity index (χ2v) is 4.81. The molecule has 0 saturated carbocycles. The first-order valence-corrected chi connectivity index (χ1v) is 6.47. The van der Waals surface area contributed by atoms with Crippen molar-refractivity contribution in [2.45, 2.75) is 50.4 Å². The minimum Gasteiger partial charge on any atom is -0.462 e. The summed E-state index contributed by atoms with van der Waals surface area (Å²) >= 11 is 0. The highest BCUT2D eigenvalue weighted by Gasteiger charge is 2.38. The smallest absolute Gasteiger partial charge is 0.308 e. The van der Waals surface area contributed by atoms with Crippen LogP contribution in [0.1, 0.15) is 38.5 Å². The van der Waals surface area contributed by atoms with Crippen LogP contribution in [-0.2, 0) is 23.8 Å². The second kappa shape index (κ2) is 6.10. The Labute approximate surface area is 110 Å². The molecule has 0 aromatic rings. The van der Waals surface area contributed by atoms with Crippen molar-refractivity contribution in [1.29, 1.82) is 0 Å². The van der Waals surface area contributed by atoms with E-state index in [2.05, 4.69) is 5.18 Å². The fourth-order valence-corrected chi connectivity index (χ4v) is 2.23. The van der Waals surface area contributed by atoms with Crippen molar-refractivity contribution in [1.82, 2.24) is 0 Å². The van der Waals surface area contributed by atoms with Gasteiger partial charge in [0.25, 0.3) is 0 Å².